The van der Waals surface area contributed by atoms with Gasteiger partial charge in [0.15, 0.2) is 0 Å². The Morgan fingerprint density at radius 2 is 1.13 bits per heavy atom. The summed E-state index contributed by atoms with van der Waals surface area (Å²) in [5, 5.41) is 2.59. The fourth-order valence-electron chi connectivity index (χ4n) is 2.16. The van der Waals surface area contributed by atoms with Gasteiger partial charge in [-0.25, -0.2) is 4.98 Å². The van der Waals surface area contributed by atoms with Crippen molar-refractivity contribution in [2.24, 2.45) is 0 Å². The van der Waals surface area contributed by atoms with Gasteiger partial charge in [-0.15, -0.1) is 0 Å². The summed E-state index contributed by atoms with van der Waals surface area (Å²) in [5.41, 5.74) is 2.71. The highest BCUT2D eigenvalue weighted by Gasteiger charge is 2.13. The van der Waals surface area contributed by atoms with Gasteiger partial charge in [0, 0.05) is 21.2 Å². The Labute approximate surface area is 158 Å². The topological polar surface area (TPSA) is 12.9 Å². The van der Waals surface area contributed by atoms with E-state index in [2.05, 4.69) is 4.98 Å². The molecule has 23 heavy (non-hydrogen) atoms. The molecule has 0 aliphatic heterocycles. The Kier molecular flexibility index (Phi) is 5.05. The van der Waals surface area contributed by atoms with Crippen LogP contribution in [-0.4, -0.2) is 4.98 Å². The third-order valence-corrected chi connectivity index (χ3v) is 4.64. The second kappa shape index (κ2) is 6.88. The standard InChI is InChI=1S/C17H8Cl5N/c18-9-1-3-11(14(21)7-9)16-6-5-13(20)17(23-16)12-4-2-10(19)8-15(12)22/h1-8H. The molecule has 0 unspecified atom stereocenters. The van der Waals surface area contributed by atoms with E-state index in [1.807, 2.05) is 6.07 Å². The van der Waals surface area contributed by atoms with Gasteiger partial charge in [-0.3, -0.25) is 0 Å². The van der Waals surface area contributed by atoms with Gasteiger partial charge in [-0.05, 0) is 48.5 Å². The maximum absolute atomic E-state index is 6.29. The van der Waals surface area contributed by atoms with Crippen LogP contribution in [0, 0.1) is 0 Å². The molecule has 0 radical (unpaired) electrons. The van der Waals surface area contributed by atoms with Crippen LogP contribution in [0.2, 0.25) is 25.1 Å². The van der Waals surface area contributed by atoms with Gasteiger partial charge in [0.05, 0.1) is 26.5 Å². The monoisotopic (exact) mass is 401 g/mol. The summed E-state index contributed by atoms with van der Waals surface area (Å²) in [5.74, 6) is 0. The fraction of sp³-hybridized carbons (Fsp3) is 0. The van der Waals surface area contributed by atoms with Crippen LogP contribution in [0.25, 0.3) is 22.5 Å². The van der Waals surface area contributed by atoms with Crippen LogP contribution < -0.4 is 0 Å². The van der Waals surface area contributed by atoms with Gasteiger partial charge in [0.2, 0.25) is 0 Å². The molecular formula is C17H8Cl5N. The third-order valence-electron chi connectivity index (χ3n) is 3.24. The lowest BCUT2D eigenvalue weighted by Gasteiger charge is -2.10. The lowest BCUT2D eigenvalue weighted by molar-refractivity contribution is 1.32. The summed E-state index contributed by atoms with van der Waals surface area (Å²) in [6.07, 6.45) is 0. The van der Waals surface area contributed by atoms with E-state index >= 15 is 0 Å². The van der Waals surface area contributed by atoms with E-state index < -0.39 is 0 Å². The van der Waals surface area contributed by atoms with E-state index in [1.54, 1.807) is 42.5 Å². The second-order valence-corrected chi connectivity index (χ2v) is 6.87. The zero-order chi connectivity index (χ0) is 16.6. The molecule has 0 aliphatic rings. The Morgan fingerprint density at radius 1 is 0.565 bits per heavy atom. The SMILES string of the molecule is Clc1ccc(-c2ccc(Cl)c(-c3ccc(Cl)cc3Cl)n2)c(Cl)c1. The van der Waals surface area contributed by atoms with Crippen molar-refractivity contribution in [3.63, 3.8) is 0 Å². The number of halogens is 5. The first-order valence-electron chi connectivity index (χ1n) is 6.53. The zero-order valence-electron chi connectivity index (χ0n) is 11.5. The maximum Gasteiger partial charge on any atom is 0.0910 e. The van der Waals surface area contributed by atoms with E-state index in [4.69, 9.17) is 58.0 Å². The molecule has 0 N–H and O–H groups in total. The second-order valence-electron chi connectivity index (χ2n) is 4.78. The highest BCUT2D eigenvalue weighted by molar-refractivity contribution is 6.38. The van der Waals surface area contributed by atoms with Crippen LogP contribution in [0.15, 0.2) is 48.5 Å². The molecule has 2 aromatic carbocycles. The molecule has 1 nitrogen and oxygen atoms in total. The van der Waals surface area contributed by atoms with Gasteiger partial charge in [0.25, 0.3) is 0 Å². The molecule has 1 heterocycles. The molecule has 0 saturated heterocycles. The molecule has 0 fully saturated rings. The van der Waals surface area contributed by atoms with Crippen LogP contribution in [-0.2, 0) is 0 Å². The molecule has 0 bridgehead atoms. The van der Waals surface area contributed by atoms with Gasteiger partial charge < -0.3 is 0 Å². The highest BCUT2D eigenvalue weighted by Crippen LogP contribution is 2.36. The van der Waals surface area contributed by atoms with Crippen molar-refractivity contribution >= 4 is 58.0 Å². The summed E-state index contributed by atoms with van der Waals surface area (Å²) < 4.78 is 0. The number of rotatable bonds is 2. The van der Waals surface area contributed by atoms with Gasteiger partial charge in [-0.1, -0.05) is 58.0 Å². The van der Waals surface area contributed by atoms with Crippen molar-refractivity contribution in [3.8, 4) is 22.5 Å². The number of hydrogen-bond donors (Lipinski definition) is 0. The summed E-state index contributed by atoms with van der Waals surface area (Å²) in [7, 11) is 0. The molecule has 3 aromatic rings. The molecule has 0 saturated carbocycles. The van der Waals surface area contributed by atoms with Crippen LogP contribution >= 0.6 is 58.0 Å². The van der Waals surface area contributed by atoms with Gasteiger partial charge in [-0.2, -0.15) is 0 Å². The predicted octanol–water partition coefficient (Wildman–Crippen LogP) is 7.68. The first-order chi connectivity index (χ1) is 11.0. The minimum Gasteiger partial charge on any atom is -0.246 e. The predicted molar refractivity (Wildman–Crippen MR) is 100 cm³/mol. The first kappa shape index (κ1) is 16.9. The summed E-state index contributed by atoms with van der Waals surface area (Å²) in [6.45, 7) is 0. The molecule has 0 amide bonds. The average Bonchev–Trinajstić information content (AvgIpc) is 2.49. The van der Waals surface area contributed by atoms with Crippen molar-refractivity contribution in [2.75, 3.05) is 0 Å². The number of pyridine rings is 1. The van der Waals surface area contributed by atoms with Crippen molar-refractivity contribution in [1.29, 1.82) is 0 Å². The van der Waals surface area contributed by atoms with E-state index in [9.17, 15) is 0 Å². The van der Waals surface area contributed by atoms with E-state index in [-0.39, 0.29) is 0 Å². The molecule has 0 spiro atoms. The number of benzene rings is 2. The minimum atomic E-state index is 0.478. The number of hydrogen-bond acceptors (Lipinski definition) is 1. The molecule has 3 rings (SSSR count). The fourth-order valence-corrected chi connectivity index (χ4v) is 3.37. The van der Waals surface area contributed by atoms with E-state index in [0.717, 1.165) is 5.56 Å². The van der Waals surface area contributed by atoms with Gasteiger partial charge >= 0.3 is 0 Å². The first-order valence-corrected chi connectivity index (χ1v) is 8.42. The van der Waals surface area contributed by atoms with Crippen molar-refractivity contribution in [3.05, 3.63) is 73.6 Å². The lowest BCUT2D eigenvalue weighted by Crippen LogP contribution is -1.91. The number of aromatic nitrogens is 1. The summed E-state index contributed by atoms with van der Waals surface area (Å²) in [6, 6.07) is 14.0. The van der Waals surface area contributed by atoms with Crippen molar-refractivity contribution in [2.45, 2.75) is 0 Å². The van der Waals surface area contributed by atoms with Gasteiger partial charge in [0.1, 0.15) is 0 Å². The summed E-state index contributed by atoms with van der Waals surface area (Å²) >= 11 is 30.7. The molecule has 1 aromatic heterocycles. The van der Waals surface area contributed by atoms with E-state index in [1.165, 1.54) is 0 Å². The van der Waals surface area contributed by atoms with Crippen molar-refractivity contribution < 1.29 is 0 Å². The Morgan fingerprint density at radius 3 is 1.70 bits per heavy atom. The minimum absolute atomic E-state index is 0.478. The normalized spacial score (nSPS) is 10.8. The van der Waals surface area contributed by atoms with Crippen LogP contribution in [0.4, 0.5) is 0 Å². The highest BCUT2D eigenvalue weighted by atomic mass is 35.5. The molecule has 116 valence electrons. The average molecular weight is 404 g/mol. The molecule has 6 heteroatoms. The summed E-state index contributed by atoms with van der Waals surface area (Å²) in [4.78, 5) is 4.61. The Bertz CT molecular complexity index is 892. The maximum atomic E-state index is 6.29. The zero-order valence-corrected chi connectivity index (χ0v) is 15.2. The largest absolute Gasteiger partial charge is 0.246 e. The lowest BCUT2D eigenvalue weighted by atomic mass is 10.1. The van der Waals surface area contributed by atoms with Crippen molar-refractivity contribution in [1.82, 2.24) is 4.98 Å². The molecular weight excluding hydrogens is 395 g/mol. The molecule has 0 atom stereocenters. The van der Waals surface area contributed by atoms with Crippen LogP contribution in [0.5, 0.6) is 0 Å². The Hall–Kier alpha value is -0.960. The van der Waals surface area contributed by atoms with Crippen LogP contribution in [0.1, 0.15) is 0 Å². The van der Waals surface area contributed by atoms with E-state index in [0.29, 0.717) is 42.1 Å². The third kappa shape index (κ3) is 3.60. The Balaban J connectivity index is 2.16. The quantitative estimate of drug-likeness (QED) is 0.427. The number of nitrogens with zero attached hydrogens (tertiary/aromatic N) is 1. The van der Waals surface area contributed by atoms with Crippen LogP contribution in [0.3, 0.4) is 0 Å². The molecule has 0 aliphatic carbocycles. The smallest absolute Gasteiger partial charge is 0.0910 e.